The molecule has 0 bridgehead atoms. The highest BCUT2D eigenvalue weighted by Gasteiger charge is 1.89. The number of hydrogen-bond acceptors (Lipinski definition) is 3. The van der Waals surface area contributed by atoms with E-state index in [-0.39, 0.29) is 4.70 Å². The molecule has 0 atom stereocenters. The summed E-state index contributed by atoms with van der Waals surface area (Å²) in [4.78, 5) is 2.38. The molecule has 0 spiro atoms. The van der Waals surface area contributed by atoms with E-state index >= 15 is 0 Å². The van der Waals surface area contributed by atoms with Gasteiger partial charge in [0.2, 0.25) is 0 Å². The third-order valence-electron chi connectivity index (χ3n) is 1.34. The minimum absolute atomic E-state index is 0. The van der Waals surface area contributed by atoms with Crippen LogP contribution in [0.2, 0.25) is 0 Å². The second kappa shape index (κ2) is 15.9. The SMILES string of the molecule is CCN(CC)CC.F.NN. The first-order valence-electron chi connectivity index (χ1n) is 3.40. The third-order valence-corrected chi connectivity index (χ3v) is 1.34. The monoisotopic (exact) mass is 153 g/mol. The topological polar surface area (TPSA) is 55.3 Å². The summed E-state index contributed by atoms with van der Waals surface area (Å²) in [5.74, 6) is 8.00. The maximum absolute atomic E-state index is 4.00. The quantitative estimate of drug-likeness (QED) is 0.453. The fourth-order valence-electron chi connectivity index (χ4n) is 0.671. The zero-order chi connectivity index (χ0) is 7.70. The lowest BCUT2D eigenvalue weighted by atomic mass is 10.5. The van der Waals surface area contributed by atoms with Crippen molar-refractivity contribution in [3.63, 3.8) is 0 Å². The average Bonchev–Trinajstić information content (AvgIpc) is 1.96. The minimum Gasteiger partial charge on any atom is -0.304 e. The van der Waals surface area contributed by atoms with Gasteiger partial charge in [0.25, 0.3) is 0 Å². The molecule has 0 aromatic carbocycles. The van der Waals surface area contributed by atoms with Gasteiger partial charge in [0, 0.05) is 0 Å². The maximum atomic E-state index is 4.00. The Balaban J connectivity index is -0.000000149. The first kappa shape index (κ1) is 16.4. The molecule has 0 fully saturated rings. The molecule has 3 nitrogen and oxygen atoms in total. The summed E-state index contributed by atoms with van der Waals surface area (Å²) in [7, 11) is 0. The van der Waals surface area contributed by atoms with Crippen LogP contribution in [-0.4, -0.2) is 24.5 Å². The summed E-state index contributed by atoms with van der Waals surface area (Å²) in [5.41, 5.74) is 0. The molecule has 4 heteroatoms. The summed E-state index contributed by atoms with van der Waals surface area (Å²) in [6.07, 6.45) is 0. The van der Waals surface area contributed by atoms with Crippen molar-refractivity contribution < 1.29 is 4.70 Å². The van der Waals surface area contributed by atoms with Gasteiger partial charge >= 0.3 is 0 Å². The second-order valence-corrected chi connectivity index (χ2v) is 1.62. The number of hydrogen-bond donors (Lipinski definition) is 2. The molecule has 0 heterocycles. The van der Waals surface area contributed by atoms with Crippen LogP contribution in [0, 0.1) is 0 Å². The van der Waals surface area contributed by atoms with Crippen molar-refractivity contribution in [3.8, 4) is 0 Å². The molecule has 0 radical (unpaired) electrons. The zero-order valence-corrected chi connectivity index (χ0v) is 7.13. The van der Waals surface area contributed by atoms with Crippen LogP contribution < -0.4 is 11.7 Å². The van der Waals surface area contributed by atoms with E-state index in [1.54, 1.807) is 0 Å². The number of nitrogens with zero attached hydrogens (tertiary/aromatic N) is 1. The summed E-state index contributed by atoms with van der Waals surface area (Å²) in [6.45, 7) is 10.1. The lowest BCUT2D eigenvalue weighted by Gasteiger charge is -2.13. The predicted molar refractivity (Wildman–Crippen MR) is 44.3 cm³/mol. The molecule has 0 saturated carbocycles. The second-order valence-electron chi connectivity index (χ2n) is 1.62. The van der Waals surface area contributed by atoms with Crippen molar-refractivity contribution in [2.75, 3.05) is 19.6 Å². The van der Waals surface area contributed by atoms with E-state index in [0.717, 1.165) is 0 Å². The first-order chi connectivity index (χ1) is 4.35. The van der Waals surface area contributed by atoms with Crippen molar-refractivity contribution in [1.29, 1.82) is 0 Å². The van der Waals surface area contributed by atoms with Crippen molar-refractivity contribution in [3.05, 3.63) is 0 Å². The van der Waals surface area contributed by atoms with Crippen molar-refractivity contribution in [1.82, 2.24) is 4.90 Å². The van der Waals surface area contributed by atoms with Gasteiger partial charge in [-0.3, -0.25) is 16.4 Å². The van der Waals surface area contributed by atoms with Crippen LogP contribution in [0.3, 0.4) is 0 Å². The highest BCUT2D eigenvalue weighted by molar-refractivity contribution is 4.43. The van der Waals surface area contributed by atoms with Crippen molar-refractivity contribution in [2.45, 2.75) is 20.8 Å². The van der Waals surface area contributed by atoms with Crippen molar-refractivity contribution >= 4 is 0 Å². The molecule has 0 aromatic heterocycles. The molecular weight excluding hydrogens is 133 g/mol. The number of hydrazine groups is 1. The highest BCUT2D eigenvalue weighted by Crippen LogP contribution is 1.81. The maximum Gasteiger partial charge on any atom is -0.00474 e. The lowest BCUT2D eigenvalue weighted by molar-refractivity contribution is 0.321. The first-order valence-corrected chi connectivity index (χ1v) is 3.40. The standard InChI is InChI=1S/C6H15N.FH.H4N2/c1-4-7(5-2)6-3;;1-2/h4-6H2,1-3H3;1H;1-2H2. The van der Waals surface area contributed by atoms with E-state index in [9.17, 15) is 0 Å². The normalized spacial score (nSPS) is 7.80. The Morgan fingerprint density at radius 1 is 0.900 bits per heavy atom. The molecule has 0 aliphatic heterocycles. The Bertz CT molecular complexity index is 34.5. The predicted octanol–water partition coefficient (Wildman–Crippen LogP) is 0.319. The molecule has 10 heavy (non-hydrogen) atoms. The Hall–Kier alpha value is -0.190. The van der Waals surface area contributed by atoms with Crippen LogP contribution in [0.15, 0.2) is 0 Å². The molecule has 0 amide bonds. The Labute approximate surface area is 62.7 Å². The average molecular weight is 153 g/mol. The van der Waals surface area contributed by atoms with Crippen LogP contribution in [0.25, 0.3) is 0 Å². The van der Waals surface area contributed by atoms with Gasteiger partial charge in [-0.1, -0.05) is 20.8 Å². The highest BCUT2D eigenvalue weighted by atomic mass is 19.0. The van der Waals surface area contributed by atoms with E-state index < -0.39 is 0 Å². The summed E-state index contributed by atoms with van der Waals surface area (Å²) in [5, 5.41) is 0. The fourth-order valence-corrected chi connectivity index (χ4v) is 0.671. The molecule has 0 aliphatic carbocycles. The van der Waals surface area contributed by atoms with Crippen LogP contribution in [0.5, 0.6) is 0 Å². The van der Waals surface area contributed by atoms with E-state index in [2.05, 4.69) is 37.4 Å². The molecule has 0 saturated heterocycles. The van der Waals surface area contributed by atoms with E-state index in [0.29, 0.717) is 0 Å². The molecule has 0 aromatic rings. The number of halogens is 1. The molecule has 0 unspecified atom stereocenters. The van der Waals surface area contributed by atoms with Gasteiger partial charge < -0.3 is 4.90 Å². The van der Waals surface area contributed by atoms with Gasteiger partial charge in [0.15, 0.2) is 0 Å². The van der Waals surface area contributed by atoms with E-state index in [1.165, 1.54) is 19.6 Å². The zero-order valence-electron chi connectivity index (χ0n) is 7.13. The third kappa shape index (κ3) is 10.7. The van der Waals surface area contributed by atoms with Crippen LogP contribution in [0.1, 0.15) is 20.8 Å². The largest absolute Gasteiger partial charge is 0.304 e. The molecular formula is C6H20FN3. The molecule has 0 rings (SSSR count). The Morgan fingerprint density at radius 2 is 1.10 bits per heavy atom. The van der Waals surface area contributed by atoms with Gasteiger partial charge in [-0.05, 0) is 19.6 Å². The number of nitrogens with two attached hydrogens (primary N) is 2. The Morgan fingerprint density at radius 3 is 1.10 bits per heavy atom. The Kier molecular flexibility index (Phi) is 26.1. The lowest BCUT2D eigenvalue weighted by Crippen LogP contribution is -2.21. The van der Waals surface area contributed by atoms with Crippen LogP contribution in [-0.2, 0) is 0 Å². The van der Waals surface area contributed by atoms with Gasteiger partial charge in [-0.15, -0.1) is 0 Å². The summed E-state index contributed by atoms with van der Waals surface area (Å²) in [6, 6.07) is 0. The van der Waals surface area contributed by atoms with Crippen LogP contribution >= 0.6 is 0 Å². The fraction of sp³-hybridized carbons (Fsp3) is 1.00. The van der Waals surface area contributed by atoms with Gasteiger partial charge in [-0.2, -0.15) is 0 Å². The molecule has 0 aliphatic rings. The van der Waals surface area contributed by atoms with E-state index in [1.807, 2.05) is 0 Å². The minimum atomic E-state index is 0. The molecule has 4 N–H and O–H groups in total. The summed E-state index contributed by atoms with van der Waals surface area (Å²) >= 11 is 0. The molecule has 66 valence electrons. The van der Waals surface area contributed by atoms with Gasteiger partial charge in [0.05, 0.1) is 0 Å². The summed E-state index contributed by atoms with van der Waals surface area (Å²) < 4.78 is 0. The van der Waals surface area contributed by atoms with Gasteiger partial charge in [0.1, 0.15) is 0 Å². The smallest absolute Gasteiger partial charge is 0.00474 e. The van der Waals surface area contributed by atoms with Crippen LogP contribution in [0.4, 0.5) is 4.70 Å². The van der Waals surface area contributed by atoms with Crippen molar-refractivity contribution in [2.24, 2.45) is 11.7 Å². The van der Waals surface area contributed by atoms with Gasteiger partial charge in [-0.25, -0.2) is 0 Å². The number of rotatable bonds is 3. The van der Waals surface area contributed by atoms with E-state index in [4.69, 9.17) is 0 Å².